The summed E-state index contributed by atoms with van der Waals surface area (Å²) >= 11 is 2.97. The number of aromatic nitrogens is 1. The molecule has 3 aromatic carbocycles. The van der Waals surface area contributed by atoms with Crippen molar-refractivity contribution in [3.05, 3.63) is 77.9 Å². The Morgan fingerprint density at radius 3 is 2.82 bits per heavy atom. The molecule has 0 radical (unpaired) electrons. The number of para-hydroxylation sites is 2. The average molecular weight is 476 g/mol. The molecule has 0 bridgehead atoms. The van der Waals surface area contributed by atoms with Gasteiger partial charge in [0.15, 0.2) is 4.34 Å². The number of hydrogen-bond acceptors (Lipinski definition) is 6. The van der Waals surface area contributed by atoms with Crippen LogP contribution in [0.5, 0.6) is 5.75 Å². The Labute approximate surface area is 199 Å². The number of carbonyl (C=O) groups excluding carboxylic acids is 2. The molecule has 33 heavy (non-hydrogen) atoms. The van der Waals surface area contributed by atoms with Gasteiger partial charge in [-0.15, -0.1) is 11.3 Å². The lowest BCUT2D eigenvalue weighted by Gasteiger charge is -2.16. The molecule has 2 amide bonds. The number of methoxy groups -OCH3 is 1. The highest BCUT2D eigenvalue weighted by atomic mass is 32.2. The Kier molecular flexibility index (Phi) is 6.02. The number of carbonyl (C=O) groups is 2. The molecule has 0 atom stereocenters. The van der Waals surface area contributed by atoms with Gasteiger partial charge in [-0.25, -0.2) is 4.98 Å². The van der Waals surface area contributed by atoms with E-state index in [1.807, 2.05) is 47.4 Å². The Morgan fingerprint density at radius 1 is 1.12 bits per heavy atom. The van der Waals surface area contributed by atoms with E-state index in [9.17, 15) is 9.59 Å². The van der Waals surface area contributed by atoms with Crippen molar-refractivity contribution < 1.29 is 14.3 Å². The van der Waals surface area contributed by atoms with E-state index in [4.69, 9.17) is 4.74 Å². The first-order chi connectivity index (χ1) is 16.1. The molecule has 0 spiro atoms. The molecular weight excluding hydrogens is 454 g/mol. The first-order valence-corrected chi connectivity index (χ1v) is 12.3. The van der Waals surface area contributed by atoms with Gasteiger partial charge in [0.1, 0.15) is 5.75 Å². The number of ether oxygens (including phenoxy) is 1. The van der Waals surface area contributed by atoms with Crippen LogP contribution in [0, 0.1) is 0 Å². The SMILES string of the molecule is COc1ccccc1C(=O)Nc1ccc2nc(SCC(=O)N3CCc4ccccc43)sc2c1. The maximum absolute atomic E-state index is 12.8. The van der Waals surface area contributed by atoms with E-state index in [0.717, 1.165) is 33.2 Å². The minimum atomic E-state index is -0.234. The molecule has 0 fully saturated rings. The fourth-order valence-electron chi connectivity index (χ4n) is 3.87. The fourth-order valence-corrected chi connectivity index (χ4v) is 5.86. The first-order valence-electron chi connectivity index (χ1n) is 10.5. The second-order valence-electron chi connectivity index (χ2n) is 7.53. The monoisotopic (exact) mass is 475 g/mol. The molecule has 166 valence electrons. The number of anilines is 2. The number of thioether (sulfide) groups is 1. The summed E-state index contributed by atoms with van der Waals surface area (Å²) in [7, 11) is 1.54. The largest absolute Gasteiger partial charge is 0.496 e. The molecule has 8 heteroatoms. The number of benzene rings is 3. The summed E-state index contributed by atoms with van der Waals surface area (Å²) in [5.74, 6) is 0.722. The van der Waals surface area contributed by atoms with Crippen molar-refractivity contribution in [3.8, 4) is 5.75 Å². The van der Waals surface area contributed by atoms with Crippen LogP contribution in [0.25, 0.3) is 10.2 Å². The zero-order chi connectivity index (χ0) is 22.8. The summed E-state index contributed by atoms with van der Waals surface area (Å²) in [6.07, 6.45) is 0.900. The van der Waals surface area contributed by atoms with E-state index >= 15 is 0 Å². The minimum Gasteiger partial charge on any atom is -0.496 e. The van der Waals surface area contributed by atoms with Crippen LogP contribution >= 0.6 is 23.1 Å². The van der Waals surface area contributed by atoms with Crippen molar-refractivity contribution in [2.45, 2.75) is 10.8 Å². The molecule has 1 aromatic heterocycles. The smallest absolute Gasteiger partial charge is 0.259 e. The van der Waals surface area contributed by atoms with Gasteiger partial charge in [-0.2, -0.15) is 0 Å². The topological polar surface area (TPSA) is 71.5 Å². The third-order valence-electron chi connectivity index (χ3n) is 5.49. The van der Waals surface area contributed by atoms with Crippen molar-refractivity contribution in [3.63, 3.8) is 0 Å². The highest BCUT2D eigenvalue weighted by molar-refractivity contribution is 8.01. The summed E-state index contributed by atoms with van der Waals surface area (Å²) in [6.45, 7) is 0.730. The van der Waals surface area contributed by atoms with Crippen molar-refractivity contribution in [1.82, 2.24) is 4.98 Å². The number of fused-ring (bicyclic) bond motifs is 2. The minimum absolute atomic E-state index is 0.0916. The molecule has 1 aliphatic heterocycles. The lowest BCUT2D eigenvalue weighted by Crippen LogP contribution is -2.30. The maximum Gasteiger partial charge on any atom is 0.259 e. The summed E-state index contributed by atoms with van der Waals surface area (Å²) in [5, 5.41) is 2.92. The predicted molar refractivity (Wildman–Crippen MR) is 134 cm³/mol. The molecule has 2 heterocycles. The molecule has 6 nitrogen and oxygen atoms in total. The summed E-state index contributed by atoms with van der Waals surface area (Å²) in [6, 6.07) is 20.8. The molecule has 4 aromatic rings. The molecule has 1 N–H and O–H groups in total. The van der Waals surface area contributed by atoms with Crippen LogP contribution in [0.4, 0.5) is 11.4 Å². The van der Waals surface area contributed by atoms with Crippen LogP contribution in [0.1, 0.15) is 15.9 Å². The van der Waals surface area contributed by atoms with Crippen LogP contribution in [-0.2, 0) is 11.2 Å². The van der Waals surface area contributed by atoms with E-state index < -0.39 is 0 Å². The van der Waals surface area contributed by atoms with Crippen molar-refractivity contribution >= 4 is 56.5 Å². The summed E-state index contributed by atoms with van der Waals surface area (Å²) in [4.78, 5) is 32.0. The van der Waals surface area contributed by atoms with Crippen LogP contribution in [0.3, 0.4) is 0 Å². The van der Waals surface area contributed by atoms with Gasteiger partial charge in [0.05, 0.1) is 28.6 Å². The highest BCUT2D eigenvalue weighted by Crippen LogP contribution is 2.33. The van der Waals surface area contributed by atoms with Gasteiger partial charge >= 0.3 is 0 Å². The third-order valence-corrected chi connectivity index (χ3v) is 7.63. The van der Waals surface area contributed by atoms with Crippen molar-refractivity contribution in [2.75, 3.05) is 29.6 Å². The van der Waals surface area contributed by atoms with E-state index in [-0.39, 0.29) is 11.8 Å². The average Bonchev–Trinajstić information content (AvgIpc) is 3.46. The maximum atomic E-state index is 12.8. The molecule has 5 rings (SSSR count). The number of nitrogens with one attached hydrogen (secondary N) is 1. The first kappa shape index (κ1) is 21.5. The van der Waals surface area contributed by atoms with Crippen LogP contribution < -0.4 is 15.0 Å². The van der Waals surface area contributed by atoms with Gasteiger partial charge in [0, 0.05) is 17.9 Å². The van der Waals surface area contributed by atoms with Gasteiger partial charge in [0.2, 0.25) is 5.91 Å². The van der Waals surface area contributed by atoms with E-state index in [2.05, 4.69) is 16.4 Å². The number of amides is 2. The third kappa shape index (κ3) is 4.44. The fraction of sp³-hybridized carbons (Fsp3) is 0.160. The van der Waals surface area contributed by atoms with Gasteiger partial charge in [-0.3, -0.25) is 9.59 Å². The van der Waals surface area contributed by atoms with Gasteiger partial charge in [-0.05, 0) is 48.4 Å². The quantitative estimate of drug-likeness (QED) is 0.386. The summed E-state index contributed by atoms with van der Waals surface area (Å²) in [5.41, 5.74) is 4.24. The molecule has 0 saturated carbocycles. The molecule has 0 unspecified atom stereocenters. The van der Waals surface area contributed by atoms with Gasteiger partial charge < -0.3 is 15.0 Å². The molecule has 1 aliphatic rings. The number of nitrogens with zero attached hydrogens (tertiary/aromatic N) is 2. The van der Waals surface area contributed by atoms with E-state index in [1.165, 1.54) is 28.7 Å². The van der Waals surface area contributed by atoms with Gasteiger partial charge in [0.25, 0.3) is 5.91 Å². The van der Waals surface area contributed by atoms with E-state index in [0.29, 0.717) is 22.8 Å². The second-order valence-corrected chi connectivity index (χ2v) is 9.78. The van der Waals surface area contributed by atoms with Crippen LogP contribution in [0.2, 0.25) is 0 Å². The molecule has 0 aliphatic carbocycles. The number of hydrogen-bond donors (Lipinski definition) is 1. The Bertz CT molecular complexity index is 1350. The molecule has 0 saturated heterocycles. The predicted octanol–water partition coefficient (Wildman–Crippen LogP) is 5.24. The standard InChI is InChI=1S/C25H21N3O3S2/c1-31-21-9-5-3-7-18(21)24(30)26-17-10-11-19-22(14-17)33-25(27-19)32-15-23(29)28-13-12-16-6-2-4-8-20(16)28/h2-11,14H,12-13,15H2,1H3,(H,26,30). The number of thiazole rings is 1. The lowest BCUT2D eigenvalue weighted by atomic mass is 10.2. The Balaban J connectivity index is 1.26. The lowest BCUT2D eigenvalue weighted by molar-refractivity contribution is -0.116. The Hall–Kier alpha value is -3.36. The van der Waals surface area contributed by atoms with Crippen LogP contribution in [0.15, 0.2) is 71.1 Å². The normalized spacial score (nSPS) is 12.6. The van der Waals surface area contributed by atoms with Crippen LogP contribution in [-0.4, -0.2) is 36.2 Å². The van der Waals surface area contributed by atoms with Crippen molar-refractivity contribution in [1.29, 1.82) is 0 Å². The zero-order valence-electron chi connectivity index (χ0n) is 17.9. The Morgan fingerprint density at radius 2 is 1.94 bits per heavy atom. The summed E-state index contributed by atoms with van der Waals surface area (Å²) < 4.78 is 7.06. The van der Waals surface area contributed by atoms with Gasteiger partial charge in [-0.1, -0.05) is 42.1 Å². The second kappa shape index (κ2) is 9.25. The zero-order valence-corrected chi connectivity index (χ0v) is 19.5. The molecular formula is C25H21N3O3S2. The van der Waals surface area contributed by atoms with E-state index in [1.54, 1.807) is 25.3 Å². The number of rotatable bonds is 6. The highest BCUT2D eigenvalue weighted by Gasteiger charge is 2.24. The van der Waals surface area contributed by atoms with Crippen molar-refractivity contribution in [2.24, 2.45) is 0 Å².